The standard InChI is InChI=1S/C15H15NO.C11H13N/c17-13-16(11-14-7-3-1-4-8-14)12-15-9-5-2-6-10-15;1-2-6-11(7-3-1)10-12-8-4-5-9-12/h1-10,13H,11-12H2;1-7H,8-10H2. The summed E-state index contributed by atoms with van der Waals surface area (Å²) in [6, 6.07) is 30.6. The Bertz CT molecular complexity index is 813. The molecule has 1 aliphatic heterocycles. The van der Waals surface area contributed by atoms with Gasteiger partial charge in [0.2, 0.25) is 6.41 Å². The number of hydrogen-bond donors (Lipinski definition) is 0. The maximum Gasteiger partial charge on any atom is 0.210 e. The topological polar surface area (TPSA) is 23.6 Å². The molecule has 0 unspecified atom stereocenters. The van der Waals surface area contributed by atoms with Crippen LogP contribution in [0.5, 0.6) is 0 Å². The summed E-state index contributed by atoms with van der Waals surface area (Å²) in [6.45, 7) is 4.59. The molecule has 0 saturated heterocycles. The van der Waals surface area contributed by atoms with E-state index in [-0.39, 0.29) is 0 Å². The van der Waals surface area contributed by atoms with E-state index in [0.29, 0.717) is 13.1 Å². The van der Waals surface area contributed by atoms with Crippen LogP contribution in [0.15, 0.2) is 103 Å². The quantitative estimate of drug-likeness (QED) is 0.427. The van der Waals surface area contributed by atoms with E-state index in [2.05, 4.69) is 47.4 Å². The predicted octanol–water partition coefficient (Wildman–Crippen LogP) is 4.90. The fraction of sp³-hybridized carbons (Fsp3) is 0.192. The second kappa shape index (κ2) is 11.6. The average molecular weight is 385 g/mol. The first-order valence-corrected chi connectivity index (χ1v) is 10.0. The number of nitrogens with zero attached hydrogens (tertiary/aromatic N) is 2. The minimum Gasteiger partial charge on any atom is -0.337 e. The molecule has 148 valence electrons. The van der Waals surface area contributed by atoms with Crippen molar-refractivity contribution in [2.24, 2.45) is 0 Å². The lowest BCUT2D eigenvalue weighted by molar-refractivity contribution is -0.119. The molecule has 1 aliphatic rings. The van der Waals surface area contributed by atoms with Crippen molar-refractivity contribution in [1.29, 1.82) is 0 Å². The molecule has 3 nitrogen and oxygen atoms in total. The van der Waals surface area contributed by atoms with Crippen molar-refractivity contribution in [3.63, 3.8) is 0 Å². The average Bonchev–Trinajstić information content (AvgIpc) is 3.29. The van der Waals surface area contributed by atoms with Crippen molar-refractivity contribution in [1.82, 2.24) is 9.80 Å². The van der Waals surface area contributed by atoms with Crippen LogP contribution in [-0.2, 0) is 24.4 Å². The largest absolute Gasteiger partial charge is 0.337 e. The van der Waals surface area contributed by atoms with Crippen LogP contribution in [0.4, 0.5) is 0 Å². The molecule has 0 N–H and O–H groups in total. The summed E-state index contributed by atoms with van der Waals surface area (Å²) in [5.41, 5.74) is 3.70. The number of rotatable bonds is 7. The zero-order valence-corrected chi connectivity index (χ0v) is 16.7. The molecule has 1 amide bonds. The van der Waals surface area contributed by atoms with Crippen LogP contribution in [0.2, 0.25) is 0 Å². The Morgan fingerprint density at radius 2 is 1.07 bits per heavy atom. The lowest BCUT2D eigenvalue weighted by Gasteiger charge is -2.17. The number of carbonyl (C=O) groups excluding carboxylic acids is 1. The molecule has 0 fully saturated rings. The minimum absolute atomic E-state index is 0.652. The Kier molecular flexibility index (Phi) is 8.24. The Morgan fingerprint density at radius 3 is 1.48 bits per heavy atom. The van der Waals surface area contributed by atoms with Gasteiger partial charge in [-0.1, -0.05) is 103 Å². The van der Waals surface area contributed by atoms with Gasteiger partial charge in [-0.2, -0.15) is 0 Å². The number of hydrogen-bond acceptors (Lipinski definition) is 2. The molecule has 0 spiro atoms. The van der Waals surface area contributed by atoms with Crippen LogP contribution in [-0.4, -0.2) is 29.3 Å². The Balaban J connectivity index is 0.000000176. The third-order valence-corrected chi connectivity index (χ3v) is 4.75. The molecule has 3 heteroatoms. The number of benzene rings is 3. The van der Waals surface area contributed by atoms with Gasteiger partial charge in [0.05, 0.1) is 0 Å². The first-order valence-electron chi connectivity index (χ1n) is 10.0. The highest BCUT2D eigenvalue weighted by Crippen LogP contribution is 2.08. The second-order valence-corrected chi connectivity index (χ2v) is 7.13. The van der Waals surface area contributed by atoms with Gasteiger partial charge in [-0.15, -0.1) is 0 Å². The van der Waals surface area contributed by atoms with Gasteiger partial charge in [-0.25, -0.2) is 0 Å². The second-order valence-electron chi connectivity index (χ2n) is 7.13. The van der Waals surface area contributed by atoms with E-state index in [9.17, 15) is 4.79 Å². The summed E-state index contributed by atoms with van der Waals surface area (Å²) in [5, 5.41) is 0. The molecule has 4 rings (SSSR count). The van der Waals surface area contributed by atoms with Crippen LogP contribution in [0, 0.1) is 0 Å². The maximum atomic E-state index is 11.0. The first kappa shape index (κ1) is 20.6. The van der Waals surface area contributed by atoms with E-state index in [1.807, 2.05) is 60.7 Å². The highest BCUT2D eigenvalue weighted by atomic mass is 16.1. The fourth-order valence-electron chi connectivity index (χ4n) is 3.26. The highest BCUT2D eigenvalue weighted by molar-refractivity contribution is 5.47. The smallest absolute Gasteiger partial charge is 0.210 e. The molecule has 0 aromatic heterocycles. The SMILES string of the molecule is C1=CCN(Cc2ccccc2)C1.O=CN(Cc1ccccc1)Cc1ccccc1. The van der Waals surface area contributed by atoms with Gasteiger partial charge in [0.1, 0.15) is 0 Å². The van der Waals surface area contributed by atoms with Crippen molar-refractivity contribution < 1.29 is 4.79 Å². The summed E-state index contributed by atoms with van der Waals surface area (Å²) >= 11 is 0. The first-order chi connectivity index (χ1) is 14.3. The number of amides is 1. The third kappa shape index (κ3) is 7.40. The molecular formula is C26H28N2O. The molecule has 0 aliphatic carbocycles. The van der Waals surface area contributed by atoms with E-state index in [0.717, 1.165) is 37.2 Å². The Hall–Kier alpha value is -3.17. The lowest BCUT2D eigenvalue weighted by atomic mass is 10.2. The van der Waals surface area contributed by atoms with Gasteiger partial charge in [0.15, 0.2) is 0 Å². The highest BCUT2D eigenvalue weighted by Gasteiger charge is 2.05. The molecule has 0 saturated carbocycles. The summed E-state index contributed by atoms with van der Waals surface area (Å²) in [6.07, 6.45) is 5.35. The van der Waals surface area contributed by atoms with Gasteiger partial charge in [0.25, 0.3) is 0 Å². The molecule has 1 heterocycles. The lowest BCUT2D eigenvalue weighted by Crippen LogP contribution is -2.20. The van der Waals surface area contributed by atoms with Gasteiger partial charge in [0, 0.05) is 32.7 Å². The van der Waals surface area contributed by atoms with Gasteiger partial charge >= 0.3 is 0 Å². The monoisotopic (exact) mass is 384 g/mol. The van der Waals surface area contributed by atoms with Crippen LogP contribution >= 0.6 is 0 Å². The van der Waals surface area contributed by atoms with E-state index in [1.54, 1.807) is 4.90 Å². The third-order valence-electron chi connectivity index (χ3n) is 4.75. The summed E-state index contributed by atoms with van der Waals surface area (Å²) < 4.78 is 0. The molecule has 0 bridgehead atoms. The van der Waals surface area contributed by atoms with Crippen LogP contribution in [0.1, 0.15) is 16.7 Å². The van der Waals surface area contributed by atoms with Crippen molar-refractivity contribution in [3.8, 4) is 0 Å². The molecule has 0 atom stereocenters. The molecule has 3 aromatic carbocycles. The van der Waals surface area contributed by atoms with Gasteiger partial charge in [-0.05, 0) is 16.7 Å². The Labute approximate surface area is 173 Å². The van der Waals surface area contributed by atoms with Crippen LogP contribution in [0.25, 0.3) is 0 Å². The van der Waals surface area contributed by atoms with Crippen molar-refractivity contribution in [2.45, 2.75) is 19.6 Å². The summed E-state index contributed by atoms with van der Waals surface area (Å²) in [4.78, 5) is 15.2. The Morgan fingerprint density at radius 1 is 0.655 bits per heavy atom. The van der Waals surface area contributed by atoms with E-state index >= 15 is 0 Å². The summed E-state index contributed by atoms with van der Waals surface area (Å²) in [5.74, 6) is 0. The van der Waals surface area contributed by atoms with Crippen LogP contribution < -0.4 is 0 Å². The van der Waals surface area contributed by atoms with E-state index in [4.69, 9.17) is 0 Å². The van der Waals surface area contributed by atoms with Gasteiger partial charge < -0.3 is 4.90 Å². The molecule has 0 radical (unpaired) electrons. The van der Waals surface area contributed by atoms with Crippen molar-refractivity contribution >= 4 is 6.41 Å². The normalized spacial score (nSPS) is 12.8. The molecular weight excluding hydrogens is 356 g/mol. The van der Waals surface area contributed by atoms with E-state index < -0.39 is 0 Å². The zero-order valence-electron chi connectivity index (χ0n) is 16.7. The van der Waals surface area contributed by atoms with Crippen molar-refractivity contribution in [3.05, 3.63) is 120 Å². The number of carbonyl (C=O) groups is 1. The van der Waals surface area contributed by atoms with Gasteiger partial charge in [-0.3, -0.25) is 9.69 Å². The summed E-state index contributed by atoms with van der Waals surface area (Å²) in [7, 11) is 0. The van der Waals surface area contributed by atoms with Crippen LogP contribution in [0.3, 0.4) is 0 Å². The van der Waals surface area contributed by atoms with Crippen molar-refractivity contribution in [2.75, 3.05) is 13.1 Å². The fourth-order valence-corrected chi connectivity index (χ4v) is 3.26. The minimum atomic E-state index is 0.652. The zero-order chi connectivity index (χ0) is 20.2. The molecule has 29 heavy (non-hydrogen) atoms. The maximum absolute atomic E-state index is 11.0. The predicted molar refractivity (Wildman–Crippen MR) is 119 cm³/mol. The molecule has 3 aromatic rings. The van der Waals surface area contributed by atoms with E-state index in [1.165, 1.54) is 5.56 Å².